The number of aliphatic hydroxyl groups is 3. The number of hydrogen-bond donors (Lipinski definition) is 5. The first-order valence-corrected chi connectivity index (χ1v) is 33.7. The summed E-state index contributed by atoms with van der Waals surface area (Å²) in [5.41, 5.74) is 8.57. The Hall–Kier alpha value is -10.0. The van der Waals surface area contributed by atoms with Gasteiger partial charge in [-0.25, -0.2) is 19.2 Å². The van der Waals surface area contributed by atoms with E-state index in [2.05, 4.69) is 41.4 Å². The third kappa shape index (κ3) is 17.9. The first kappa shape index (κ1) is 73.7. The molecule has 4 aliphatic rings. The van der Waals surface area contributed by atoms with Gasteiger partial charge in [0.15, 0.2) is 0 Å². The van der Waals surface area contributed by atoms with Gasteiger partial charge in [-0.05, 0) is 161 Å². The van der Waals surface area contributed by atoms with Gasteiger partial charge in [0, 0.05) is 102 Å². The molecular weight excluding hydrogens is 1360 g/mol. The van der Waals surface area contributed by atoms with Gasteiger partial charge in [0.1, 0.15) is 22.8 Å². The fourth-order valence-corrected chi connectivity index (χ4v) is 12.1. The lowest BCUT2D eigenvalue weighted by Crippen LogP contribution is -2.41. The van der Waals surface area contributed by atoms with E-state index in [0.717, 1.165) is 82.4 Å². The number of anilines is 3. The van der Waals surface area contributed by atoms with E-state index >= 15 is 0 Å². The monoisotopic (exact) mass is 1440 g/mol. The Morgan fingerprint density at radius 3 is 1.22 bits per heavy atom. The number of halogens is 1. The van der Waals surface area contributed by atoms with Gasteiger partial charge in [-0.1, -0.05) is 76.6 Å². The van der Waals surface area contributed by atoms with Crippen LogP contribution in [0.2, 0.25) is 0 Å². The molecule has 9 aromatic rings. The number of carbonyl (C=O) groups excluding carboxylic acids is 4. The van der Waals surface area contributed by atoms with Gasteiger partial charge in [-0.3, -0.25) is 24.9 Å². The maximum atomic E-state index is 13.0. The highest BCUT2D eigenvalue weighted by Crippen LogP contribution is 2.37. The summed E-state index contributed by atoms with van der Waals surface area (Å²) in [6, 6.07) is 44.8. The summed E-state index contributed by atoms with van der Waals surface area (Å²) in [4.78, 5) is 61.1. The number of amides is 6. The largest absolute Gasteiger partial charge is 0.498 e. The first-order valence-electron chi connectivity index (χ1n) is 33.0. The van der Waals surface area contributed by atoms with Crippen LogP contribution in [0, 0.1) is 0 Å². The second-order valence-corrected chi connectivity index (χ2v) is 27.4. The topological polar surface area (TPSA) is 279 Å². The summed E-state index contributed by atoms with van der Waals surface area (Å²) >= 11 is 3.40. The second kappa shape index (κ2) is 32.5. The van der Waals surface area contributed by atoms with Crippen molar-refractivity contribution in [3.05, 3.63) is 204 Å². The molecule has 3 unspecified atom stereocenters. The Labute approximate surface area is 596 Å². The molecule has 0 saturated carbocycles. The van der Waals surface area contributed by atoms with Gasteiger partial charge < -0.3 is 58.3 Å². The molecule has 4 saturated heterocycles. The van der Waals surface area contributed by atoms with Crippen LogP contribution in [-0.2, 0) is 33.7 Å². The van der Waals surface area contributed by atoms with Crippen LogP contribution in [0.4, 0.5) is 36.2 Å². The molecule has 25 nitrogen and oxygen atoms in total. The van der Waals surface area contributed by atoms with Crippen LogP contribution >= 0.6 is 15.9 Å². The molecule has 6 amide bonds. The average Bonchev–Trinajstić information content (AvgIpc) is 1.64. The summed E-state index contributed by atoms with van der Waals surface area (Å²) in [6.07, 6.45) is 9.77. The molecule has 4 fully saturated rings. The zero-order valence-corrected chi connectivity index (χ0v) is 59.9. The molecule has 3 aromatic heterocycles. The Morgan fingerprint density at radius 2 is 0.901 bits per heavy atom. The van der Waals surface area contributed by atoms with E-state index in [9.17, 15) is 34.5 Å². The zero-order valence-electron chi connectivity index (χ0n) is 58.3. The van der Waals surface area contributed by atoms with E-state index in [1.165, 1.54) is 0 Å². The predicted octanol–water partition coefficient (Wildman–Crippen LogP) is 11.0. The molecular formula is C74H86BBrN12O13. The number of methoxy groups -OCH3 is 3. The van der Waals surface area contributed by atoms with Crippen molar-refractivity contribution in [3.63, 3.8) is 0 Å². The molecule has 6 aromatic carbocycles. The molecule has 5 N–H and O–H groups in total. The lowest BCUT2D eigenvalue weighted by atomic mass is 9.82. The Morgan fingerprint density at radius 1 is 0.545 bits per heavy atom. The minimum absolute atomic E-state index is 0.0730. The number of aromatic nitrogens is 6. The van der Waals surface area contributed by atoms with E-state index < -0.39 is 30.0 Å². The summed E-state index contributed by atoms with van der Waals surface area (Å²) in [5.74, 6) is 2.28. The van der Waals surface area contributed by atoms with E-state index in [4.69, 9.17) is 28.3 Å². The molecule has 0 bridgehead atoms. The molecule has 4 aliphatic heterocycles. The van der Waals surface area contributed by atoms with Crippen molar-refractivity contribution in [2.24, 2.45) is 0 Å². The molecule has 7 heterocycles. The fraction of sp³-hybridized carbons (Fsp3) is 0.338. The maximum Gasteiger partial charge on any atom is 0.498 e. The van der Waals surface area contributed by atoms with Gasteiger partial charge >= 0.3 is 31.3 Å². The van der Waals surface area contributed by atoms with E-state index in [-0.39, 0.29) is 56.0 Å². The van der Waals surface area contributed by atoms with Crippen LogP contribution in [0.5, 0.6) is 17.2 Å². The van der Waals surface area contributed by atoms with Crippen molar-refractivity contribution < 1.29 is 62.8 Å². The Balaban J connectivity index is 0.000000146. The number of aliphatic hydroxyl groups excluding tert-OH is 3. The van der Waals surface area contributed by atoms with Gasteiger partial charge in [-0.2, -0.15) is 20.0 Å². The van der Waals surface area contributed by atoms with Gasteiger partial charge in [0.05, 0.1) is 82.9 Å². The number of hydrogen-bond acceptors (Lipinski definition) is 16. The number of nitrogens with one attached hydrogen (secondary N) is 2. The van der Waals surface area contributed by atoms with Crippen LogP contribution in [0.25, 0.3) is 22.3 Å². The van der Waals surface area contributed by atoms with Crippen molar-refractivity contribution in [1.29, 1.82) is 0 Å². The first-order chi connectivity index (χ1) is 48.4. The SMILES string of the molecule is CC(C)(C)OC(=O)n1cc(B2OC(C)(C)C(C)(C)O2)cn1.COc1cccc(CN2CC(CO)N(c3ccc(-c4cn[nH]c4)cc3)C2=O)c1.COc1cccc(CN2CC(CO)N(c3ccc(-c4cn[nH]c4)cc3)C2=O)c1.COc1cccc(CN2CC(CO)N(c3ccc(Br)cc3)C2=O)c1. The average molecular weight is 1440 g/mol. The van der Waals surface area contributed by atoms with Crippen molar-refractivity contribution in [1.82, 2.24) is 44.9 Å². The van der Waals surface area contributed by atoms with Crippen molar-refractivity contribution in [2.45, 2.75) is 103 Å². The van der Waals surface area contributed by atoms with Crippen molar-refractivity contribution in [2.75, 3.05) is 75.5 Å². The number of rotatable bonds is 18. The van der Waals surface area contributed by atoms with Crippen LogP contribution in [0.1, 0.15) is 65.2 Å². The highest BCUT2D eigenvalue weighted by Gasteiger charge is 2.52. The summed E-state index contributed by atoms with van der Waals surface area (Å²) in [6.45, 7) is 15.9. The number of benzene rings is 6. The quantitative estimate of drug-likeness (QED) is 0.0499. The third-order valence-corrected chi connectivity index (χ3v) is 18.3. The van der Waals surface area contributed by atoms with E-state index in [1.807, 2.05) is 206 Å². The molecule has 0 radical (unpaired) electrons. The Bertz CT molecular complexity index is 4040. The minimum atomic E-state index is -0.562. The van der Waals surface area contributed by atoms with E-state index in [1.54, 1.807) is 75.5 Å². The van der Waals surface area contributed by atoms with Gasteiger partial charge in [0.2, 0.25) is 0 Å². The normalized spacial score (nSPS) is 17.7. The van der Waals surface area contributed by atoms with Crippen LogP contribution < -0.4 is 34.4 Å². The number of carbonyl (C=O) groups is 4. The number of urea groups is 3. The smallest absolute Gasteiger partial charge is 0.497 e. The lowest BCUT2D eigenvalue weighted by molar-refractivity contribution is 0.00578. The van der Waals surface area contributed by atoms with E-state index in [0.29, 0.717) is 44.7 Å². The molecule has 3 atom stereocenters. The molecule has 27 heteroatoms. The Kier molecular flexibility index (Phi) is 23.7. The molecule has 0 aliphatic carbocycles. The zero-order chi connectivity index (χ0) is 72.2. The highest BCUT2D eigenvalue weighted by atomic mass is 79.9. The number of ether oxygens (including phenoxy) is 4. The van der Waals surface area contributed by atoms with Crippen LogP contribution in [-0.4, -0.2) is 187 Å². The number of aromatic amines is 2. The van der Waals surface area contributed by atoms with Gasteiger partial charge in [0.25, 0.3) is 0 Å². The summed E-state index contributed by atoms with van der Waals surface area (Å²) in [5, 5.41) is 46.9. The maximum absolute atomic E-state index is 13.0. The standard InChI is InChI=1S/2C21H22N4O3.C18H19BrN2O3.C14H23BN2O4/c2*1-28-20-4-2-3-15(9-20)12-24-13-19(14-26)25(21(24)27)18-7-5-16(6-8-18)17-10-22-23-11-17;1-24-17-4-2-3-13(9-17)10-20-11-16(12-22)21(18(20)23)15-7-5-14(19)6-8-15;1-12(2,3)19-11(18)17-9-10(8-16-17)15-20-13(4,5)14(6,7)21-15/h2*2-11,19,26H,12-14H2,1H3,(H,22,23);2-9,16,22H,10-12H2,1H3;8-9H,1-7H3. The number of H-pyrrole nitrogens is 2. The summed E-state index contributed by atoms with van der Waals surface area (Å²) in [7, 11) is 4.33. The fourth-order valence-electron chi connectivity index (χ4n) is 11.8. The third-order valence-electron chi connectivity index (χ3n) is 17.7. The van der Waals surface area contributed by atoms with Crippen molar-refractivity contribution in [3.8, 4) is 39.5 Å². The molecule has 530 valence electrons. The lowest BCUT2D eigenvalue weighted by Gasteiger charge is -2.32. The minimum Gasteiger partial charge on any atom is -0.497 e. The van der Waals surface area contributed by atoms with Crippen molar-refractivity contribution >= 4 is 69.8 Å². The molecule has 0 spiro atoms. The van der Waals surface area contributed by atoms with Crippen LogP contribution in [0.3, 0.4) is 0 Å². The highest BCUT2D eigenvalue weighted by molar-refractivity contribution is 9.10. The van der Waals surface area contributed by atoms with Crippen LogP contribution in [0.15, 0.2) is 187 Å². The number of nitrogens with zero attached hydrogens (tertiary/aromatic N) is 10. The second-order valence-electron chi connectivity index (χ2n) is 26.5. The molecule has 101 heavy (non-hydrogen) atoms. The molecule has 13 rings (SSSR count). The van der Waals surface area contributed by atoms with Gasteiger partial charge in [-0.15, -0.1) is 0 Å². The summed E-state index contributed by atoms with van der Waals surface area (Å²) < 4.78 is 35.0. The predicted molar refractivity (Wildman–Crippen MR) is 388 cm³/mol.